The normalized spacial score (nSPS) is 11.7. The molecule has 1 aromatic carbocycles. The lowest BCUT2D eigenvalue weighted by Crippen LogP contribution is -2.34. The van der Waals surface area contributed by atoms with Gasteiger partial charge in [0.25, 0.3) is 0 Å². The van der Waals surface area contributed by atoms with Gasteiger partial charge in [0.1, 0.15) is 11.3 Å². The zero-order chi connectivity index (χ0) is 20.9. The van der Waals surface area contributed by atoms with Gasteiger partial charge in [0.05, 0.1) is 12.8 Å². The highest BCUT2D eigenvalue weighted by Gasteiger charge is 2.20. The number of halogens is 2. The van der Waals surface area contributed by atoms with Gasteiger partial charge >= 0.3 is 12.1 Å². The number of alkyl carbamates (subject to hydrolysis) is 1. The summed E-state index contributed by atoms with van der Waals surface area (Å²) >= 11 is 0. The Balaban J connectivity index is 2.27. The number of pyridine rings is 1. The fraction of sp³-hybridized carbons (Fsp3) is 0.250. The van der Waals surface area contributed by atoms with Crippen molar-refractivity contribution in [1.29, 1.82) is 0 Å². The van der Waals surface area contributed by atoms with Crippen LogP contribution in [0.4, 0.5) is 13.6 Å². The first kappa shape index (κ1) is 21.0. The molecule has 148 valence electrons. The standard InChI is InChI=1S/C20H20F2N2O4/c1-20(2,3)28-19(26)24-16(18(25)27-4)10-12-8-9-15(23-11-12)13-6-5-7-14(21)17(13)22/h5-11H,1-4H3,(H,24,26). The summed E-state index contributed by atoms with van der Waals surface area (Å²) in [4.78, 5) is 27.9. The Labute approximate surface area is 161 Å². The molecule has 1 N–H and O–H groups in total. The van der Waals surface area contributed by atoms with Crippen molar-refractivity contribution >= 4 is 18.1 Å². The first-order chi connectivity index (χ1) is 13.1. The second-order valence-corrected chi connectivity index (χ2v) is 6.75. The van der Waals surface area contributed by atoms with Crippen molar-refractivity contribution in [1.82, 2.24) is 10.3 Å². The lowest BCUT2D eigenvalue weighted by molar-refractivity contribution is -0.136. The van der Waals surface area contributed by atoms with E-state index >= 15 is 0 Å². The number of nitrogens with zero attached hydrogens (tertiary/aromatic N) is 1. The van der Waals surface area contributed by atoms with Crippen LogP contribution in [0.3, 0.4) is 0 Å². The maximum Gasteiger partial charge on any atom is 0.412 e. The molecule has 2 aromatic rings. The molecule has 1 aromatic heterocycles. The Morgan fingerprint density at radius 2 is 1.86 bits per heavy atom. The predicted molar refractivity (Wildman–Crippen MR) is 99.0 cm³/mol. The maximum atomic E-state index is 13.9. The molecule has 0 fully saturated rings. The van der Waals surface area contributed by atoms with Gasteiger partial charge in [0.15, 0.2) is 11.6 Å². The highest BCUT2D eigenvalue weighted by atomic mass is 19.2. The van der Waals surface area contributed by atoms with Crippen LogP contribution >= 0.6 is 0 Å². The second-order valence-electron chi connectivity index (χ2n) is 6.75. The quantitative estimate of drug-likeness (QED) is 0.629. The van der Waals surface area contributed by atoms with Crippen molar-refractivity contribution in [3.05, 3.63) is 59.4 Å². The number of aromatic nitrogens is 1. The summed E-state index contributed by atoms with van der Waals surface area (Å²) in [5.74, 6) is -2.76. The van der Waals surface area contributed by atoms with Crippen LogP contribution in [0.25, 0.3) is 17.3 Å². The van der Waals surface area contributed by atoms with Crippen molar-refractivity contribution in [3.63, 3.8) is 0 Å². The number of hydrogen-bond donors (Lipinski definition) is 1. The van der Waals surface area contributed by atoms with Crippen molar-refractivity contribution in [2.75, 3.05) is 7.11 Å². The van der Waals surface area contributed by atoms with Crippen LogP contribution in [0.1, 0.15) is 26.3 Å². The Morgan fingerprint density at radius 3 is 2.43 bits per heavy atom. The van der Waals surface area contributed by atoms with E-state index in [-0.39, 0.29) is 17.0 Å². The van der Waals surface area contributed by atoms with Crippen molar-refractivity contribution < 1.29 is 27.8 Å². The van der Waals surface area contributed by atoms with Gasteiger partial charge in [-0.05, 0) is 50.6 Å². The Morgan fingerprint density at radius 1 is 1.14 bits per heavy atom. The van der Waals surface area contributed by atoms with Crippen molar-refractivity contribution in [2.24, 2.45) is 0 Å². The number of ether oxygens (including phenoxy) is 2. The molecule has 0 atom stereocenters. The van der Waals surface area contributed by atoms with Crippen LogP contribution in [0, 0.1) is 11.6 Å². The molecule has 2 rings (SSSR count). The Bertz CT molecular complexity index is 903. The molecular formula is C20H20F2N2O4. The topological polar surface area (TPSA) is 77.5 Å². The van der Waals surface area contributed by atoms with Crippen LogP contribution in [0.2, 0.25) is 0 Å². The van der Waals surface area contributed by atoms with Gasteiger partial charge in [-0.1, -0.05) is 12.1 Å². The number of carbonyl (C=O) groups is 2. The van der Waals surface area contributed by atoms with Crippen LogP contribution in [-0.4, -0.2) is 29.8 Å². The third kappa shape index (κ3) is 5.60. The van der Waals surface area contributed by atoms with E-state index in [2.05, 4.69) is 15.0 Å². The minimum absolute atomic E-state index is 0.00982. The summed E-state index contributed by atoms with van der Waals surface area (Å²) in [6, 6.07) is 6.79. The smallest absolute Gasteiger partial charge is 0.412 e. The van der Waals surface area contributed by atoms with E-state index < -0.39 is 29.3 Å². The first-order valence-corrected chi connectivity index (χ1v) is 8.31. The number of carbonyl (C=O) groups excluding carboxylic acids is 2. The van der Waals surface area contributed by atoms with E-state index in [0.717, 1.165) is 6.07 Å². The summed E-state index contributed by atoms with van der Waals surface area (Å²) in [5.41, 5.74) is -0.256. The first-order valence-electron chi connectivity index (χ1n) is 8.31. The highest BCUT2D eigenvalue weighted by molar-refractivity contribution is 5.96. The Hall–Kier alpha value is -3.29. The second kappa shape index (κ2) is 8.60. The molecule has 6 nitrogen and oxygen atoms in total. The summed E-state index contributed by atoms with van der Waals surface area (Å²) < 4.78 is 37.0. The fourth-order valence-corrected chi connectivity index (χ4v) is 2.19. The number of benzene rings is 1. The van der Waals surface area contributed by atoms with Gasteiger partial charge in [-0.25, -0.2) is 18.4 Å². The minimum atomic E-state index is -1.000. The average molecular weight is 390 g/mol. The van der Waals surface area contributed by atoms with Crippen LogP contribution in [-0.2, 0) is 14.3 Å². The van der Waals surface area contributed by atoms with Crippen molar-refractivity contribution in [2.45, 2.75) is 26.4 Å². The highest BCUT2D eigenvalue weighted by Crippen LogP contribution is 2.23. The molecule has 0 aliphatic heterocycles. The largest absolute Gasteiger partial charge is 0.464 e. The zero-order valence-electron chi connectivity index (χ0n) is 15.9. The van der Waals surface area contributed by atoms with Gasteiger partial charge in [-0.2, -0.15) is 0 Å². The lowest BCUT2D eigenvalue weighted by Gasteiger charge is -2.20. The van der Waals surface area contributed by atoms with Crippen LogP contribution in [0.15, 0.2) is 42.2 Å². The number of esters is 1. The number of amides is 1. The number of rotatable bonds is 4. The summed E-state index contributed by atoms with van der Waals surface area (Å²) in [5, 5.41) is 2.32. The molecule has 0 bridgehead atoms. The van der Waals surface area contributed by atoms with E-state index in [1.54, 1.807) is 20.8 Å². The number of hydrogen-bond acceptors (Lipinski definition) is 5. The third-order valence-corrected chi connectivity index (χ3v) is 3.37. The van der Waals surface area contributed by atoms with Gasteiger partial charge < -0.3 is 9.47 Å². The molecule has 0 saturated carbocycles. The van der Waals surface area contributed by atoms with Gasteiger partial charge in [0, 0.05) is 11.8 Å². The molecule has 8 heteroatoms. The summed E-state index contributed by atoms with van der Waals surface area (Å²) in [6.45, 7) is 5.05. The Kier molecular flexibility index (Phi) is 6.45. The molecule has 0 aliphatic carbocycles. The van der Waals surface area contributed by atoms with Gasteiger partial charge in [-0.3, -0.25) is 10.3 Å². The van der Waals surface area contributed by atoms with E-state index in [0.29, 0.717) is 5.56 Å². The molecule has 28 heavy (non-hydrogen) atoms. The van der Waals surface area contributed by atoms with E-state index in [1.165, 1.54) is 43.6 Å². The summed E-state index contributed by atoms with van der Waals surface area (Å²) in [7, 11) is 1.17. The van der Waals surface area contributed by atoms with Crippen LogP contribution < -0.4 is 5.32 Å². The monoisotopic (exact) mass is 390 g/mol. The van der Waals surface area contributed by atoms with E-state index in [4.69, 9.17) is 4.74 Å². The van der Waals surface area contributed by atoms with Gasteiger partial charge in [0.2, 0.25) is 0 Å². The molecule has 0 radical (unpaired) electrons. The van der Waals surface area contributed by atoms with E-state index in [9.17, 15) is 18.4 Å². The number of methoxy groups -OCH3 is 1. The average Bonchev–Trinajstić information content (AvgIpc) is 2.62. The molecule has 0 spiro atoms. The lowest BCUT2D eigenvalue weighted by atomic mass is 10.1. The fourth-order valence-electron chi connectivity index (χ4n) is 2.19. The molecule has 1 heterocycles. The van der Waals surface area contributed by atoms with Crippen LogP contribution in [0.5, 0.6) is 0 Å². The molecule has 0 saturated heterocycles. The predicted octanol–water partition coefficient (Wildman–Crippen LogP) is 4.07. The molecular weight excluding hydrogens is 370 g/mol. The van der Waals surface area contributed by atoms with Gasteiger partial charge in [-0.15, -0.1) is 0 Å². The number of nitrogens with one attached hydrogen (secondary N) is 1. The molecule has 0 aliphatic rings. The van der Waals surface area contributed by atoms with E-state index in [1.807, 2.05) is 0 Å². The molecule has 0 unspecified atom stereocenters. The third-order valence-electron chi connectivity index (χ3n) is 3.37. The molecule has 1 amide bonds. The summed E-state index contributed by atoms with van der Waals surface area (Å²) in [6.07, 6.45) is 1.85. The minimum Gasteiger partial charge on any atom is -0.464 e. The zero-order valence-corrected chi connectivity index (χ0v) is 15.9. The maximum absolute atomic E-state index is 13.9. The van der Waals surface area contributed by atoms with Crippen molar-refractivity contribution in [3.8, 4) is 11.3 Å². The SMILES string of the molecule is COC(=O)C(=Cc1ccc(-c2cccc(F)c2F)nc1)NC(=O)OC(C)(C)C.